The first-order valence-corrected chi connectivity index (χ1v) is 13.0. The number of fused-ring (bicyclic) bond motifs is 1. The van der Waals surface area contributed by atoms with E-state index in [1.54, 1.807) is 19.1 Å². The third kappa shape index (κ3) is 5.94. The van der Waals surface area contributed by atoms with E-state index in [0.717, 1.165) is 11.3 Å². The van der Waals surface area contributed by atoms with Gasteiger partial charge < -0.3 is 14.0 Å². The third-order valence-electron chi connectivity index (χ3n) is 4.54. The number of halogens is 2. The molecule has 0 atom stereocenters. The van der Waals surface area contributed by atoms with E-state index in [9.17, 15) is 18.0 Å². The number of aromatic nitrogens is 1. The van der Waals surface area contributed by atoms with Crippen molar-refractivity contribution in [2.24, 2.45) is 4.99 Å². The molecule has 1 heterocycles. The highest BCUT2D eigenvalue weighted by Gasteiger charge is 2.19. The minimum absolute atomic E-state index is 0.0777. The number of esters is 1. The van der Waals surface area contributed by atoms with Crippen molar-refractivity contribution >= 4 is 66.5 Å². The summed E-state index contributed by atoms with van der Waals surface area (Å²) in [5, 5.41) is 0.707. The number of ether oxygens (including phenoxy) is 2. The Balaban J connectivity index is 1.91. The second kappa shape index (κ2) is 10.7. The Kier molecular flexibility index (Phi) is 8.17. The summed E-state index contributed by atoms with van der Waals surface area (Å²) in [6.07, 6.45) is -0.344. The van der Waals surface area contributed by atoms with Gasteiger partial charge >= 0.3 is 5.97 Å². The predicted molar refractivity (Wildman–Crippen MR) is 127 cm³/mol. The summed E-state index contributed by atoms with van der Waals surface area (Å²) in [6, 6.07) is 9.07. The molecule has 0 bridgehead atoms. The first-order chi connectivity index (χ1) is 15.7. The Morgan fingerprint density at radius 1 is 1.09 bits per heavy atom. The first-order valence-electron chi connectivity index (χ1n) is 9.73. The van der Waals surface area contributed by atoms with Crippen LogP contribution in [0.2, 0.25) is 10.0 Å². The van der Waals surface area contributed by atoms with Gasteiger partial charge in [-0.3, -0.25) is 9.59 Å². The summed E-state index contributed by atoms with van der Waals surface area (Å²) in [6.45, 7) is 1.63. The topological polar surface area (TPSA) is 104 Å². The molecular weight excluding hydrogens is 511 g/mol. The van der Waals surface area contributed by atoms with E-state index in [-0.39, 0.29) is 29.3 Å². The second-order valence-electron chi connectivity index (χ2n) is 6.73. The molecular formula is C21H20Cl2N2O6S2. The molecule has 0 N–H and O–H groups in total. The molecule has 12 heteroatoms. The van der Waals surface area contributed by atoms with Gasteiger partial charge in [-0.1, -0.05) is 34.5 Å². The quantitative estimate of drug-likeness (QED) is 0.409. The molecule has 0 spiro atoms. The summed E-state index contributed by atoms with van der Waals surface area (Å²) in [4.78, 5) is 29.0. The average molecular weight is 531 g/mol. The van der Waals surface area contributed by atoms with Crippen LogP contribution >= 0.6 is 34.5 Å². The Hall–Kier alpha value is -2.40. The van der Waals surface area contributed by atoms with Crippen molar-refractivity contribution in [3.63, 3.8) is 0 Å². The molecule has 0 radical (unpaired) electrons. The van der Waals surface area contributed by atoms with Gasteiger partial charge in [-0.15, -0.1) is 0 Å². The summed E-state index contributed by atoms with van der Waals surface area (Å²) in [7, 11) is -2.22. The van der Waals surface area contributed by atoms with Gasteiger partial charge in [0.15, 0.2) is 14.6 Å². The van der Waals surface area contributed by atoms with E-state index >= 15 is 0 Å². The van der Waals surface area contributed by atoms with Crippen LogP contribution in [0.15, 0.2) is 46.3 Å². The molecule has 3 rings (SSSR count). The SMILES string of the molecule is CCOC(=O)Cn1c(=NC(=O)CCS(=O)(=O)c2ccc(OC)cc2)sc2c(Cl)ccc(Cl)c21. The minimum atomic E-state index is -3.70. The Bertz CT molecular complexity index is 1360. The summed E-state index contributed by atoms with van der Waals surface area (Å²) in [5.74, 6) is -1.10. The van der Waals surface area contributed by atoms with E-state index in [1.807, 2.05) is 0 Å². The lowest BCUT2D eigenvalue weighted by molar-refractivity contribution is -0.143. The lowest BCUT2D eigenvalue weighted by Crippen LogP contribution is -2.23. The van der Waals surface area contributed by atoms with E-state index in [4.69, 9.17) is 32.7 Å². The smallest absolute Gasteiger partial charge is 0.326 e. The molecule has 3 aromatic rings. The zero-order valence-corrected chi connectivity index (χ0v) is 20.9. The van der Waals surface area contributed by atoms with E-state index in [2.05, 4.69) is 4.99 Å². The summed E-state index contributed by atoms with van der Waals surface area (Å²) in [5.41, 5.74) is 0.444. The second-order valence-corrected chi connectivity index (χ2v) is 10.6. The van der Waals surface area contributed by atoms with Crippen LogP contribution in [0.3, 0.4) is 0 Å². The molecule has 0 aliphatic carbocycles. The standard InChI is InChI=1S/C21H20Cl2N2O6S2/c1-3-31-18(27)12-25-19-15(22)8-9-16(23)20(19)32-21(25)24-17(26)10-11-33(28,29)14-6-4-13(30-2)5-7-14/h4-9H,3,10-12H2,1-2H3. The number of amides is 1. The number of hydrogen-bond donors (Lipinski definition) is 0. The van der Waals surface area contributed by atoms with Crippen molar-refractivity contribution in [3.8, 4) is 5.75 Å². The molecule has 1 amide bonds. The monoisotopic (exact) mass is 530 g/mol. The van der Waals surface area contributed by atoms with Gasteiger partial charge in [0.05, 0.1) is 44.6 Å². The molecule has 0 aliphatic heterocycles. The van der Waals surface area contributed by atoms with Crippen LogP contribution in [-0.4, -0.2) is 44.3 Å². The third-order valence-corrected chi connectivity index (χ3v) is 8.12. The summed E-state index contributed by atoms with van der Waals surface area (Å²) >= 11 is 13.7. The fourth-order valence-electron chi connectivity index (χ4n) is 2.96. The number of rotatable bonds is 8. The zero-order valence-electron chi connectivity index (χ0n) is 17.7. The van der Waals surface area contributed by atoms with Crippen LogP contribution in [0, 0.1) is 0 Å². The van der Waals surface area contributed by atoms with Gasteiger partial charge in [-0.05, 0) is 43.3 Å². The molecule has 33 heavy (non-hydrogen) atoms. The van der Waals surface area contributed by atoms with Crippen LogP contribution in [0.4, 0.5) is 0 Å². The lowest BCUT2D eigenvalue weighted by Gasteiger charge is -2.07. The normalized spacial score (nSPS) is 12.2. The van der Waals surface area contributed by atoms with Crippen molar-refractivity contribution in [2.45, 2.75) is 24.8 Å². The first kappa shape index (κ1) is 25.2. The van der Waals surface area contributed by atoms with Crippen LogP contribution in [0.1, 0.15) is 13.3 Å². The Labute approximate surface area is 204 Å². The van der Waals surface area contributed by atoms with E-state index < -0.39 is 27.5 Å². The van der Waals surface area contributed by atoms with Crippen LogP contribution < -0.4 is 9.54 Å². The van der Waals surface area contributed by atoms with Crippen LogP contribution in [0.5, 0.6) is 5.75 Å². The van der Waals surface area contributed by atoms with E-state index in [1.165, 1.54) is 35.9 Å². The molecule has 8 nitrogen and oxygen atoms in total. The molecule has 0 saturated carbocycles. The van der Waals surface area contributed by atoms with Gasteiger partial charge in [0.2, 0.25) is 5.91 Å². The molecule has 176 valence electrons. The number of benzene rings is 2. The van der Waals surface area contributed by atoms with E-state index in [0.29, 0.717) is 26.0 Å². The van der Waals surface area contributed by atoms with Crippen molar-refractivity contribution in [1.29, 1.82) is 0 Å². The predicted octanol–water partition coefficient (Wildman–Crippen LogP) is 3.87. The number of hydrogen-bond acceptors (Lipinski definition) is 7. The molecule has 0 fully saturated rings. The number of sulfone groups is 1. The van der Waals surface area contributed by atoms with Crippen molar-refractivity contribution in [2.75, 3.05) is 19.5 Å². The number of thiazole rings is 1. The average Bonchev–Trinajstić information content (AvgIpc) is 3.14. The Morgan fingerprint density at radius 2 is 1.76 bits per heavy atom. The number of methoxy groups -OCH3 is 1. The lowest BCUT2D eigenvalue weighted by atomic mass is 10.3. The molecule has 2 aromatic carbocycles. The highest BCUT2D eigenvalue weighted by Crippen LogP contribution is 2.32. The number of nitrogens with zero attached hydrogens (tertiary/aromatic N) is 2. The van der Waals surface area contributed by atoms with Gasteiger partial charge in [0.1, 0.15) is 12.3 Å². The zero-order chi connectivity index (χ0) is 24.2. The van der Waals surface area contributed by atoms with Crippen molar-refractivity contribution < 1.29 is 27.5 Å². The highest BCUT2D eigenvalue weighted by atomic mass is 35.5. The number of carbonyl (C=O) groups excluding carboxylic acids is 2. The molecule has 0 unspecified atom stereocenters. The molecule has 0 saturated heterocycles. The van der Waals surface area contributed by atoms with Gasteiger partial charge in [-0.2, -0.15) is 4.99 Å². The maximum atomic E-state index is 12.6. The molecule has 1 aromatic heterocycles. The minimum Gasteiger partial charge on any atom is -0.497 e. The summed E-state index contributed by atoms with van der Waals surface area (Å²) < 4.78 is 37.2. The van der Waals surface area contributed by atoms with Crippen LogP contribution in [0.25, 0.3) is 10.2 Å². The molecule has 0 aliphatic rings. The maximum Gasteiger partial charge on any atom is 0.326 e. The van der Waals surface area contributed by atoms with Gasteiger partial charge in [0, 0.05) is 6.42 Å². The number of carbonyl (C=O) groups is 2. The van der Waals surface area contributed by atoms with Crippen molar-refractivity contribution in [3.05, 3.63) is 51.2 Å². The maximum absolute atomic E-state index is 12.6. The highest BCUT2D eigenvalue weighted by molar-refractivity contribution is 7.91. The van der Waals surface area contributed by atoms with Gasteiger partial charge in [-0.25, -0.2) is 8.42 Å². The van der Waals surface area contributed by atoms with Crippen molar-refractivity contribution in [1.82, 2.24) is 4.57 Å². The fraction of sp³-hybridized carbons (Fsp3) is 0.286. The van der Waals surface area contributed by atoms with Gasteiger partial charge in [0.25, 0.3) is 0 Å². The largest absolute Gasteiger partial charge is 0.497 e. The van der Waals surface area contributed by atoms with Crippen LogP contribution in [-0.2, 0) is 30.7 Å². The Morgan fingerprint density at radius 3 is 2.39 bits per heavy atom. The fourth-order valence-corrected chi connectivity index (χ4v) is 5.86.